The van der Waals surface area contributed by atoms with Crippen molar-refractivity contribution in [3.63, 3.8) is 0 Å². The molecule has 3 aromatic heterocycles. The van der Waals surface area contributed by atoms with Crippen molar-refractivity contribution in [2.75, 3.05) is 0 Å². The van der Waals surface area contributed by atoms with Crippen LogP contribution in [0.3, 0.4) is 0 Å². The number of benzene rings is 4. The van der Waals surface area contributed by atoms with Gasteiger partial charge >= 0.3 is 16.8 Å². The van der Waals surface area contributed by atoms with Crippen LogP contribution in [0, 0.1) is 45.3 Å². The third-order valence-corrected chi connectivity index (χ3v) is 9.96. The quantitative estimate of drug-likeness (QED) is 0.182. The molecule has 2 N–H and O–H groups in total. The second-order valence-electron chi connectivity index (χ2n) is 13.3. The van der Waals surface area contributed by atoms with E-state index in [-0.39, 0.29) is 16.8 Å². The molecular weight excluding hydrogens is 748 g/mol. The topological polar surface area (TPSA) is 153 Å². The number of H-pyrrole nitrogens is 2. The van der Waals surface area contributed by atoms with Gasteiger partial charge in [-0.1, -0.05) is 48.5 Å². The van der Waals surface area contributed by atoms with Crippen molar-refractivity contribution in [1.82, 2.24) is 19.9 Å². The van der Waals surface area contributed by atoms with Crippen LogP contribution in [0.2, 0.25) is 0 Å². The molecule has 0 atom stereocenters. The number of nitrogens with one attached hydrogen (secondary N) is 2. The summed E-state index contributed by atoms with van der Waals surface area (Å²) < 4.78 is 0. The van der Waals surface area contributed by atoms with E-state index in [1.165, 1.54) is 0 Å². The van der Waals surface area contributed by atoms with Crippen LogP contribution < -0.4 is 0 Å². The number of hydrogen-bond donors (Lipinski definition) is 2. The van der Waals surface area contributed by atoms with E-state index >= 15 is 0 Å². The second kappa shape index (κ2) is 15.0. The molecule has 5 heterocycles. The predicted octanol–water partition coefficient (Wildman–Crippen LogP) is 10.8. The van der Waals surface area contributed by atoms with Gasteiger partial charge in [0.15, 0.2) is 0 Å². The Morgan fingerprint density at radius 1 is 0.316 bits per heavy atom. The van der Waals surface area contributed by atoms with Gasteiger partial charge in [0, 0.05) is 44.3 Å². The van der Waals surface area contributed by atoms with Gasteiger partial charge in [-0.2, -0.15) is 21.0 Å². The number of fused-ring (bicyclic) bond motifs is 8. The molecule has 0 aliphatic carbocycles. The van der Waals surface area contributed by atoms with Gasteiger partial charge in [0.1, 0.15) is 0 Å². The second-order valence-corrected chi connectivity index (χ2v) is 13.3. The van der Waals surface area contributed by atoms with Crippen LogP contribution in [0.25, 0.3) is 90.9 Å². The first-order chi connectivity index (χ1) is 27.5. The van der Waals surface area contributed by atoms with Gasteiger partial charge in [0.05, 0.1) is 69.3 Å². The van der Waals surface area contributed by atoms with E-state index in [2.05, 4.69) is 34.2 Å². The van der Waals surface area contributed by atoms with Gasteiger partial charge in [-0.3, -0.25) is 0 Å². The van der Waals surface area contributed by atoms with Gasteiger partial charge < -0.3 is 9.97 Å². The van der Waals surface area contributed by atoms with Crippen LogP contribution in [0.1, 0.15) is 45.0 Å². The van der Waals surface area contributed by atoms with Crippen LogP contribution in [0.15, 0.2) is 121 Å². The van der Waals surface area contributed by atoms with Crippen molar-refractivity contribution in [1.29, 1.82) is 21.0 Å². The van der Waals surface area contributed by atoms with Gasteiger partial charge in [-0.05, 0) is 119 Å². The molecule has 0 saturated heterocycles. The Hall–Kier alpha value is -8.05. The van der Waals surface area contributed by atoms with Crippen molar-refractivity contribution < 1.29 is 16.8 Å². The molecule has 2 aliphatic rings. The van der Waals surface area contributed by atoms with Crippen molar-refractivity contribution >= 4 is 46.4 Å². The smallest absolute Gasteiger partial charge is 0.354 e. The number of nitrogens with zero attached hydrogens (tertiary/aromatic N) is 6. The van der Waals surface area contributed by atoms with E-state index < -0.39 is 0 Å². The summed E-state index contributed by atoms with van der Waals surface area (Å²) in [5.74, 6) is 0. The number of aromatic amines is 2. The fourth-order valence-corrected chi connectivity index (χ4v) is 7.27. The number of hydrogen-bond acceptors (Lipinski definition) is 6. The maximum absolute atomic E-state index is 9.58. The van der Waals surface area contributed by atoms with Crippen LogP contribution in [0.5, 0.6) is 0 Å². The van der Waals surface area contributed by atoms with Crippen LogP contribution in [-0.2, 0) is 16.8 Å². The van der Waals surface area contributed by atoms with E-state index in [0.717, 1.165) is 89.4 Å². The summed E-state index contributed by atoms with van der Waals surface area (Å²) in [5.41, 5.74) is 15.2. The summed E-state index contributed by atoms with van der Waals surface area (Å²) in [4.78, 5) is 17.9. The summed E-state index contributed by atoms with van der Waals surface area (Å²) in [6.07, 6.45) is 8.00. The van der Waals surface area contributed by atoms with Gasteiger partial charge in [-0.15, -0.1) is 0 Å². The Morgan fingerprint density at radius 2 is 0.526 bits per heavy atom. The molecule has 8 nitrogen and oxygen atoms in total. The minimum absolute atomic E-state index is 0. The Bertz CT molecular complexity index is 2720. The average Bonchev–Trinajstić information content (AvgIpc) is 4.10. The molecule has 57 heavy (non-hydrogen) atoms. The van der Waals surface area contributed by atoms with E-state index in [9.17, 15) is 21.0 Å². The van der Waals surface area contributed by atoms with Gasteiger partial charge in [0.2, 0.25) is 0 Å². The molecule has 8 bridgehead atoms. The SMILES string of the molecule is N#Cc1ccc(-c2c3nc(c(-c4ccc(C#N)cc4)c4ccc([nH]4)c(-c4ccc(C#N)cc4)c4nc(c(-c5ccc(C#N)cc5)c5ccc2[nH]5)C=C4)C=C3)cc1.[Co+2]. The third kappa shape index (κ3) is 6.59. The molecule has 4 aromatic carbocycles. The van der Waals surface area contributed by atoms with Crippen molar-refractivity contribution in [3.8, 4) is 68.8 Å². The van der Waals surface area contributed by atoms with Crippen LogP contribution in [0.4, 0.5) is 0 Å². The zero-order valence-electron chi connectivity index (χ0n) is 29.9. The van der Waals surface area contributed by atoms with Gasteiger partial charge in [0.25, 0.3) is 0 Å². The molecule has 0 spiro atoms. The van der Waals surface area contributed by atoms with Crippen molar-refractivity contribution in [3.05, 3.63) is 166 Å². The maximum atomic E-state index is 9.58. The molecule has 9 heteroatoms. The summed E-state index contributed by atoms with van der Waals surface area (Å²) >= 11 is 0. The summed E-state index contributed by atoms with van der Waals surface area (Å²) in [6.45, 7) is 0. The van der Waals surface area contributed by atoms with E-state index in [1.807, 2.05) is 97.1 Å². The molecule has 2 aliphatic heterocycles. The third-order valence-electron chi connectivity index (χ3n) is 9.96. The summed E-state index contributed by atoms with van der Waals surface area (Å²) in [5, 5.41) is 38.3. The first-order valence-corrected chi connectivity index (χ1v) is 17.7. The first kappa shape index (κ1) is 35.9. The zero-order valence-corrected chi connectivity index (χ0v) is 30.9. The molecule has 1 radical (unpaired) electrons. The number of nitriles is 4. The molecule has 0 unspecified atom stereocenters. The minimum atomic E-state index is 0. The predicted molar refractivity (Wildman–Crippen MR) is 219 cm³/mol. The van der Waals surface area contributed by atoms with Crippen molar-refractivity contribution in [2.24, 2.45) is 0 Å². The number of rotatable bonds is 4. The monoisotopic (exact) mass is 773 g/mol. The molecule has 7 aromatic rings. The molecule has 265 valence electrons. The van der Waals surface area contributed by atoms with Crippen molar-refractivity contribution in [2.45, 2.75) is 0 Å². The first-order valence-electron chi connectivity index (χ1n) is 17.7. The molecular formula is C48H26CoN8+2. The largest absolute Gasteiger partial charge is 2.00 e. The van der Waals surface area contributed by atoms with E-state index in [0.29, 0.717) is 22.3 Å². The standard InChI is InChI=1S/C48H26N8.Co/c49-25-29-1-9-33(10-2-29)45-37-17-19-39(53-37)46(34-11-3-30(26-50)4-12-34)41-21-23-43(55-41)48(36-15-7-32(28-52)8-16-36)44-24-22-42(56-44)47(40-20-18-38(45)54-40)35-13-5-31(27-51)6-14-35;/h1-24,53,56H;/q;+2. The summed E-state index contributed by atoms with van der Waals surface area (Å²) in [7, 11) is 0. The van der Waals surface area contributed by atoms with Gasteiger partial charge in [-0.25, -0.2) is 9.97 Å². The normalized spacial score (nSPS) is 11.2. The Kier molecular flexibility index (Phi) is 9.46. The fourth-order valence-electron chi connectivity index (χ4n) is 7.27. The van der Waals surface area contributed by atoms with E-state index in [4.69, 9.17) is 9.97 Å². The molecule has 0 amide bonds. The zero-order chi connectivity index (χ0) is 38.2. The fraction of sp³-hybridized carbons (Fsp3) is 0. The average molecular weight is 774 g/mol. The minimum Gasteiger partial charge on any atom is -0.354 e. The molecule has 9 rings (SSSR count). The van der Waals surface area contributed by atoms with E-state index in [1.54, 1.807) is 48.5 Å². The number of aromatic nitrogens is 4. The maximum Gasteiger partial charge on any atom is 2.00 e. The Balaban J connectivity index is 0.00000455. The Morgan fingerprint density at radius 3 is 0.719 bits per heavy atom. The molecule has 0 fully saturated rings. The Labute approximate surface area is 337 Å². The van der Waals surface area contributed by atoms with Crippen LogP contribution >= 0.6 is 0 Å². The van der Waals surface area contributed by atoms with Crippen LogP contribution in [-0.4, -0.2) is 19.9 Å². The summed E-state index contributed by atoms with van der Waals surface area (Å²) in [6, 6.07) is 46.8. The molecule has 0 saturated carbocycles.